The normalized spacial score (nSPS) is 13.5. The summed E-state index contributed by atoms with van der Waals surface area (Å²) in [5, 5.41) is 3.38. The van der Waals surface area contributed by atoms with Crippen molar-refractivity contribution in [3.63, 3.8) is 0 Å². The minimum atomic E-state index is -0.448. The maximum Gasteiger partial charge on any atom is 0.341 e. The lowest BCUT2D eigenvalue weighted by atomic mass is 10.0. The van der Waals surface area contributed by atoms with Gasteiger partial charge in [-0.1, -0.05) is 0 Å². The highest BCUT2D eigenvalue weighted by atomic mass is 32.1. The lowest BCUT2D eigenvalue weighted by Gasteiger charge is -2.30. The van der Waals surface area contributed by atoms with E-state index in [-0.39, 0.29) is 5.91 Å². The number of hydrogen-bond donors (Lipinski definition) is 1. The predicted molar refractivity (Wildman–Crippen MR) is 119 cm³/mol. The summed E-state index contributed by atoms with van der Waals surface area (Å²) in [5.74, 6) is 0.313. The molecular weight excluding hydrogens is 420 g/mol. The average molecular weight is 449 g/mol. The fourth-order valence-electron chi connectivity index (χ4n) is 3.66. The summed E-state index contributed by atoms with van der Waals surface area (Å²) in [7, 11) is 5.82. The molecule has 2 heterocycles. The van der Waals surface area contributed by atoms with Crippen LogP contribution in [0.4, 0.5) is 5.00 Å². The van der Waals surface area contributed by atoms with Crippen LogP contribution < -0.4 is 19.5 Å². The lowest BCUT2D eigenvalue weighted by molar-refractivity contribution is 0.0600. The van der Waals surface area contributed by atoms with Gasteiger partial charge in [0.05, 0.1) is 34.0 Å². The minimum absolute atomic E-state index is 0.320. The van der Waals surface area contributed by atoms with E-state index in [0.29, 0.717) is 39.4 Å². The molecule has 9 heteroatoms. The third-order valence-corrected chi connectivity index (χ3v) is 6.49. The van der Waals surface area contributed by atoms with Gasteiger partial charge in [-0.2, -0.15) is 0 Å². The fourth-order valence-corrected chi connectivity index (χ4v) is 4.91. The molecular formula is C22H28N2O6S. The Bertz CT molecular complexity index is 960. The third kappa shape index (κ3) is 4.47. The number of thiophene rings is 1. The van der Waals surface area contributed by atoms with E-state index in [1.54, 1.807) is 12.1 Å². The van der Waals surface area contributed by atoms with Crippen molar-refractivity contribution in [2.45, 2.75) is 32.9 Å². The van der Waals surface area contributed by atoms with E-state index in [0.717, 1.165) is 30.0 Å². The zero-order chi connectivity index (χ0) is 22.7. The number of benzene rings is 1. The molecule has 3 rings (SSSR count). The maximum absolute atomic E-state index is 13.1. The summed E-state index contributed by atoms with van der Waals surface area (Å²) in [5.41, 5.74) is 1.71. The summed E-state index contributed by atoms with van der Waals surface area (Å²) in [6, 6.07) is 3.54. The van der Waals surface area contributed by atoms with Crippen molar-refractivity contribution in [2.24, 2.45) is 0 Å². The second kappa shape index (κ2) is 9.57. The monoisotopic (exact) mass is 448 g/mol. The molecule has 0 aliphatic carbocycles. The van der Waals surface area contributed by atoms with Gasteiger partial charge < -0.3 is 24.3 Å². The van der Waals surface area contributed by atoms with Crippen molar-refractivity contribution < 1.29 is 28.5 Å². The molecule has 0 saturated heterocycles. The molecule has 1 aromatic heterocycles. The summed E-state index contributed by atoms with van der Waals surface area (Å²) in [6.07, 6.45) is 0.731. The zero-order valence-corrected chi connectivity index (χ0v) is 19.5. The quantitative estimate of drug-likeness (QED) is 0.648. The first-order chi connectivity index (χ1) is 14.8. The number of esters is 1. The van der Waals surface area contributed by atoms with Crippen LogP contribution in [0.2, 0.25) is 0 Å². The van der Waals surface area contributed by atoms with E-state index in [9.17, 15) is 9.59 Å². The summed E-state index contributed by atoms with van der Waals surface area (Å²) in [4.78, 5) is 29.0. The Balaban J connectivity index is 1.97. The molecule has 1 N–H and O–H groups in total. The van der Waals surface area contributed by atoms with E-state index in [1.165, 1.54) is 39.8 Å². The summed E-state index contributed by atoms with van der Waals surface area (Å²) in [6.45, 7) is 5.88. The Morgan fingerprint density at radius 3 is 2.23 bits per heavy atom. The van der Waals surface area contributed by atoms with Crippen molar-refractivity contribution in [3.8, 4) is 17.2 Å². The molecule has 1 amide bonds. The number of anilines is 1. The number of nitrogens with one attached hydrogen (secondary N) is 1. The number of carbonyl (C=O) groups is 2. The fraction of sp³-hybridized carbons (Fsp3) is 0.455. The van der Waals surface area contributed by atoms with Gasteiger partial charge in [0, 0.05) is 29.6 Å². The van der Waals surface area contributed by atoms with Crippen molar-refractivity contribution in [3.05, 3.63) is 33.7 Å². The van der Waals surface area contributed by atoms with E-state index < -0.39 is 5.97 Å². The van der Waals surface area contributed by atoms with Crippen LogP contribution in [0.3, 0.4) is 0 Å². The van der Waals surface area contributed by atoms with Crippen molar-refractivity contribution >= 4 is 28.2 Å². The lowest BCUT2D eigenvalue weighted by Crippen LogP contribution is -2.35. The Hall–Kier alpha value is -2.78. The Morgan fingerprint density at radius 1 is 1.06 bits per heavy atom. The van der Waals surface area contributed by atoms with Crippen LogP contribution in [0.25, 0.3) is 0 Å². The van der Waals surface area contributed by atoms with Crippen LogP contribution >= 0.6 is 11.3 Å². The van der Waals surface area contributed by atoms with E-state index in [1.807, 2.05) is 0 Å². The molecule has 1 aliphatic heterocycles. The summed E-state index contributed by atoms with van der Waals surface area (Å²) >= 11 is 1.42. The molecule has 31 heavy (non-hydrogen) atoms. The van der Waals surface area contributed by atoms with Gasteiger partial charge in [0.25, 0.3) is 5.91 Å². The van der Waals surface area contributed by atoms with E-state index in [2.05, 4.69) is 24.1 Å². The molecule has 0 spiro atoms. The van der Waals surface area contributed by atoms with Gasteiger partial charge in [0.1, 0.15) is 5.00 Å². The standard InChI is InChI=1S/C22H28N2O6S/c1-12(2)24-8-7-14-17(11-24)31-21(18(14)22(26)30-6)23-20(25)13-9-15(27-3)19(29-5)16(10-13)28-4/h9-10,12H,7-8,11H2,1-6H3,(H,23,25). The largest absolute Gasteiger partial charge is 0.493 e. The SMILES string of the molecule is COC(=O)c1c(NC(=O)c2cc(OC)c(OC)c(OC)c2)sc2c1CCN(C(C)C)C2. The molecule has 0 fully saturated rings. The Morgan fingerprint density at radius 2 is 1.71 bits per heavy atom. The smallest absolute Gasteiger partial charge is 0.341 e. The number of fused-ring (bicyclic) bond motifs is 1. The average Bonchev–Trinajstić information content (AvgIpc) is 3.14. The van der Waals surface area contributed by atoms with E-state index in [4.69, 9.17) is 18.9 Å². The van der Waals surface area contributed by atoms with Gasteiger partial charge in [-0.25, -0.2) is 4.79 Å². The van der Waals surface area contributed by atoms with Gasteiger partial charge in [-0.05, 0) is 38.0 Å². The highest BCUT2D eigenvalue weighted by molar-refractivity contribution is 7.17. The van der Waals surface area contributed by atoms with Gasteiger partial charge in [0.2, 0.25) is 5.75 Å². The molecule has 168 valence electrons. The van der Waals surface area contributed by atoms with Crippen LogP contribution in [0.15, 0.2) is 12.1 Å². The number of nitrogens with zero attached hydrogens (tertiary/aromatic N) is 1. The first kappa shape index (κ1) is 22.9. The van der Waals surface area contributed by atoms with Gasteiger partial charge in [-0.3, -0.25) is 9.69 Å². The number of rotatable bonds is 7. The number of amides is 1. The molecule has 0 radical (unpaired) electrons. The van der Waals surface area contributed by atoms with E-state index >= 15 is 0 Å². The molecule has 0 bridgehead atoms. The number of carbonyl (C=O) groups excluding carboxylic acids is 2. The molecule has 8 nitrogen and oxygen atoms in total. The van der Waals surface area contributed by atoms with Crippen LogP contribution in [-0.2, 0) is 17.7 Å². The highest BCUT2D eigenvalue weighted by Gasteiger charge is 2.30. The minimum Gasteiger partial charge on any atom is -0.493 e. The first-order valence-electron chi connectivity index (χ1n) is 9.92. The van der Waals surface area contributed by atoms with Crippen LogP contribution in [0.1, 0.15) is 45.0 Å². The van der Waals surface area contributed by atoms with Crippen LogP contribution in [-0.4, -0.2) is 57.8 Å². The number of hydrogen-bond acceptors (Lipinski definition) is 8. The van der Waals surface area contributed by atoms with Crippen molar-refractivity contribution in [1.82, 2.24) is 4.90 Å². The topological polar surface area (TPSA) is 86.3 Å². The molecule has 2 aromatic rings. The van der Waals surface area contributed by atoms with Crippen molar-refractivity contribution in [2.75, 3.05) is 40.3 Å². The maximum atomic E-state index is 13.1. The van der Waals surface area contributed by atoms with Crippen LogP contribution in [0.5, 0.6) is 17.2 Å². The number of methoxy groups -OCH3 is 4. The molecule has 0 saturated carbocycles. The second-order valence-corrected chi connectivity index (χ2v) is 8.49. The van der Waals surface area contributed by atoms with Crippen LogP contribution in [0, 0.1) is 0 Å². The first-order valence-corrected chi connectivity index (χ1v) is 10.7. The Kier molecular flexibility index (Phi) is 7.07. The Labute approximate surface area is 186 Å². The van der Waals surface area contributed by atoms with Crippen molar-refractivity contribution in [1.29, 1.82) is 0 Å². The third-order valence-electron chi connectivity index (χ3n) is 5.36. The molecule has 0 unspecified atom stereocenters. The highest BCUT2D eigenvalue weighted by Crippen LogP contribution is 2.40. The molecule has 1 aromatic carbocycles. The zero-order valence-electron chi connectivity index (χ0n) is 18.7. The van der Waals surface area contributed by atoms with Gasteiger partial charge >= 0.3 is 5.97 Å². The summed E-state index contributed by atoms with van der Waals surface area (Å²) < 4.78 is 21.0. The molecule has 1 aliphatic rings. The van der Waals surface area contributed by atoms with Gasteiger partial charge in [-0.15, -0.1) is 11.3 Å². The molecule has 0 atom stereocenters. The van der Waals surface area contributed by atoms with Gasteiger partial charge in [0.15, 0.2) is 11.5 Å². The predicted octanol–water partition coefficient (Wildman–Crippen LogP) is 3.58. The second-order valence-electron chi connectivity index (χ2n) is 7.38. The number of ether oxygens (including phenoxy) is 4.